The van der Waals surface area contributed by atoms with Crippen molar-refractivity contribution in [3.05, 3.63) is 48.5 Å². The molecule has 6 heteroatoms. The number of rotatable bonds is 2. The van der Waals surface area contributed by atoms with E-state index in [1.54, 1.807) is 18.2 Å². The minimum atomic E-state index is -0.144. The Balaban J connectivity index is 2.22. The van der Waals surface area contributed by atoms with Gasteiger partial charge in [-0.1, -0.05) is 11.6 Å². The van der Waals surface area contributed by atoms with Crippen molar-refractivity contribution in [2.24, 2.45) is 0 Å². The van der Waals surface area contributed by atoms with Gasteiger partial charge in [0.05, 0.1) is 5.69 Å². The number of amides is 1. The third kappa shape index (κ3) is 3.10. The van der Waals surface area contributed by atoms with Crippen LogP contribution in [0, 0.1) is 0 Å². The van der Waals surface area contributed by atoms with Gasteiger partial charge in [-0.05, 0) is 61.5 Å². The summed E-state index contributed by atoms with van der Waals surface area (Å²) in [6, 6.07) is 7.06. The Morgan fingerprint density at radius 3 is 2.59 bits per heavy atom. The van der Waals surface area contributed by atoms with E-state index in [-0.39, 0.29) is 5.91 Å². The maximum Gasteiger partial charge on any atom is 0.266 e. The Bertz CT molecular complexity index is 570. The van der Waals surface area contributed by atoms with E-state index in [0.717, 1.165) is 8.95 Å². The molecule has 1 aromatic carbocycles. The first-order chi connectivity index (χ1) is 8.08. The third-order valence-electron chi connectivity index (χ3n) is 2.00. The van der Waals surface area contributed by atoms with E-state index < -0.39 is 0 Å². The lowest BCUT2D eigenvalue weighted by Crippen LogP contribution is -2.11. The number of carbonyl (C=O) groups excluding carboxylic acids is 1. The van der Waals surface area contributed by atoms with Crippen LogP contribution in [-0.2, 0) is 0 Å². The zero-order valence-electron chi connectivity index (χ0n) is 8.34. The average Bonchev–Trinajstić information content (AvgIpc) is 2.68. The summed E-state index contributed by atoms with van der Waals surface area (Å²) in [7, 11) is 0. The Morgan fingerprint density at radius 1 is 1.24 bits per heavy atom. The number of anilines is 1. The number of hydrogen-bond donors (Lipinski definition) is 1. The summed E-state index contributed by atoms with van der Waals surface area (Å²) in [5.41, 5.74) is 0.694. The van der Waals surface area contributed by atoms with Crippen molar-refractivity contribution >= 4 is 66.4 Å². The van der Waals surface area contributed by atoms with E-state index in [4.69, 9.17) is 11.6 Å². The summed E-state index contributed by atoms with van der Waals surface area (Å²) in [6.45, 7) is 0. The van der Waals surface area contributed by atoms with Crippen LogP contribution in [0.2, 0.25) is 5.02 Å². The lowest BCUT2D eigenvalue weighted by atomic mass is 10.3. The second kappa shape index (κ2) is 5.52. The Morgan fingerprint density at radius 2 is 2.00 bits per heavy atom. The van der Waals surface area contributed by atoms with Gasteiger partial charge >= 0.3 is 0 Å². The van der Waals surface area contributed by atoms with E-state index in [0.29, 0.717) is 15.6 Å². The van der Waals surface area contributed by atoms with E-state index in [9.17, 15) is 4.79 Å². The molecule has 2 aromatic rings. The van der Waals surface area contributed by atoms with E-state index in [2.05, 4.69) is 37.2 Å². The molecule has 1 N–H and O–H groups in total. The third-order valence-corrected chi connectivity index (χ3v) is 4.73. The monoisotopic (exact) mass is 393 g/mol. The van der Waals surface area contributed by atoms with Crippen molar-refractivity contribution in [2.45, 2.75) is 0 Å². The van der Waals surface area contributed by atoms with Gasteiger partial charge in [-0.2, -0.15) is 0 Å². The summed E-state index contributed by atoms with van der Waals surface area (Å²) >= 11 is 13.9. The standard InChI is InChI=1S/C11H6Br2ClNOS/c12-7-3-4-17-10(7)11(16)15-9-2-1-6(14)5-8(9)13/h1-5H,(H,15,16). The molecule has 1 amide bonds. The molecule has 0 bridgehead atoms. The van der Waals surface area contributed by atoms with Crippen LogP contribution >= 0.6 is 54.8 Å². The van der Waals surface area contributed by atoms with Crippen molar-refractivity contribution < 1.29 is 4.79 Å². The maximum atomic E-state index is 11.9. The molecule has 1 aromatic heterocycles. The van der Waals surface area contributed by atoms with Gasteiger partial charge in [0.2, 0.25) is 0 Å². The van der Waals surface area contributed by atoms with Crippen LogP contribution in [0.5, 0.6) is 0 Å². The molecule has 0 atom stereocenters. The molecule has 1 heterocycles. The lowest BCUT2D eigenvalue weighted by molar-refractivity contribution is 0.103. The van der Waals surface area contributed by atoms with Crippen LogP contribution < -0.4 is 5.32 Å². The largest absolute Gasteiger partial charge is 0.320 e. The zero-order chi connectivity index (χ0) is 12.4. The Kier molecular flexibility index (Phi) is 4.25. The van der Waals surface area contributed by atoms with Crippen molar-refractivity contribution in [3.8, 4) is 0 Å². The Hall–Kier alpha value is -0.360. The second-order valence-electron chi connectivity index (χ2n) is 3.18. The van der Waals surface area contributed by atoms with E-state index in [1.807, 2.05) is 11.4 Å². The summed E-state index contributed by atoms with van der Waals surface area (Å²) in [6.07, 6.45) is 0. The van der Waals surface area contributed by atoms with Crippen LogP contribution in [0.25, 0.3) is 0 Å². The lowest BCUT2D eigenvalue weighted by Gasteiger charge is -2.06. The number of benzene rings is 1. The number of nitrogens with one attached hydrogen (secondary N) is 1. The summed E-state index contributed by atoms with van der Waals surface area (Å²) in [4.78, 5) is 12.6. The molecular weight excluding hydrogens is 389 g/mol. The maximum absolute atomic E-state index is 11.9. The summed E-state index contributed by atoms with van der Waals surface area (Å²) in [5, 5.41) is 5.29. The first-order valence-electron chi connectivity index (χ1n) is 4.57. The molecule has 88 valence electrons. The molecule has 2 rings (SSSR count). The molecule has 0 saturated carbocycles. The molecule has 2 nitrogen and oxygen atoms in total. The summed E-state index contributed by atoms with van der Waals surface area (Å²) in [5.74, 6) is -0.144. The molecule has 0 aliphatic rings. The SMILES string of the molecule is O=C(Nc1ccc(Cl)cc1Br)c1sccc1Br. The van der Waals surface area contributed by atoms with Crippen LogP contribution in [0.3, 0.4) is 0 Å². The molecule has 0 aliphatic carbocycles. The predicted molar refractivity (Wildman–Crippen MR) is 79.1 cm³/mol. The fourth-order valence-electron chi connectivity index (χ4n) is 1.23. The van der Waals surface area contributed by atoms with Crippen LogP contribution in [0.15, 0.2) is 38.6 Å². The van der Waals surface area contributed by atoms with Gasteiger partial charge in [-0.3, -0.25) is 4.79 Å². The smallest absolute Gasteiger partial charge is 0.266 e. The van der Waals surface area contributed by atoms with Crippen LogP contribution in [0.1, 0.15) is 9.67 Å². The second-order valence-corrected chi connectivity index (χ2v) is 6.24. The van der Waals surface area contributed by atoms with Crippen molar-refractivity contribution in [3.63, 3.8) is 0 Å². The highest BCUT2D eigenvalue weighted by molar-refractivity contribution is 9.11. The van der Waals surface area contributed by atoms with Crippen molar-refractivity contribution in [1.82, 2.24) is 0 Å². The fourth-order valence-corrected chi connectivity index (χ4v) is 3.45. The zero-order valence-corrected chi connectivity index (χ0v) is 13.1. The minimum Gasteiger partial charge on any atom is -0.320 e. The number of halogens is 3. The number of carbonyl (C=O) groups is 1. The van der Waals surface area contributed by atoms with Gasteiger partial charge < -0.3 is 5.32 Å². The normalized spacial score (nSPS) is 10.3. The van der Waals surface area contributed by atoms with Crippen molar-refractivity contribution in [2.75, 3.05) is 5.32 Å². The molecule has 17 heavy (non-hydrogen) atoms. The molecule has 0 radical (unpaired) electrons. The van der Waals surface area contributed by atoms with Gasteiger partial charge in [0.25, 0.3) is 5.91 Å². The molecule has 0 spiro atoms. The number of hydrogen-bond acceptors (Lipinski definition) is 2. The predicted octanol–water partition coefficient (Wildman–Crippen LogP) is 5.18. The first-order valence-corrected chi connectivity index (χ1v) is 7.41. The van der Waals surface area contributed by atoms with Gasteiger partial charge in [0.15, 0.2) is 0 Å². The van der Waals surface area contributed by atoms with Gasteiger partial charge in [-0.25, -0.2) is 0 Å². The highest BCUT2D eigenvalue weighted by Crippen LogP contribution is 2.28. The Labute approximate surface area is 124 Å². The fraction of sp³-hybridized carbons (Fsp3) is 0. The summed E-state index contributed by atoms with van der Waals surface area (Å²) < 4.78 is 1.55. The highest BCUT2D eigenvalue weighted by Gasteiger charge is 2.12. The van der Waals surface area contributed by atoms with Crippen molar-refractivity contribution in [1.29, 1.82) is 0 Å². The van der Waals surface area contributed by atoms with Gasteiger partial charge in [0.1, 0.15) is 4.88 Å². The molecule has 0 unspecified atom stereocenters. The first kappa shape index (κ1) is 13.1. The van der Waals surface area contributed by atoms with Crippen LogP contribution in [0.4, 0.5) is 5.69 Å². The number of thiophene rings is 1. The van der Waals surface area contributed by atoms with E-state index in [1.165, 1.54) is 11.3 Å². The van der Waals surface area contributed by atoms with Gasteiger partial charge in [0, 0.05) is 14.0 Å². The molecule has 0 saturated heterocycles. The van der Waals surface area contributed by atoms with Gasteiger partial charge in [-0.15, -0.1) is 11.3 Å². The minimum absolute atomic E-state index is 0.144. The molecular formula is C11H6Br2ClNOS. The molecule has 0 fully saturated rings. The van der Waals surface area contributed by atoms with Crippen LogP contribution in [-0.4, -0.2) is 5.91 Å². The quantitative estimate of drug-likeness (QED) is 0.746. The highest BCUT2D eigenvalue weighted by atomic mass is 79.9. The average molecular weight is 396 g/mol. The molecule has 0 aliphatic heterocycles. The topological polar surface area (TPSA) is 29.1 Å². The van der Waals surface area contributed by atoms with E-state index >= 15 is 0 Å².